The Hall–Kier alpha value is -0.440. The third-order valence-electron chi connectivity index (χ3n) is 2.09. The number of ether oxygens (including phenoxy) is 1. The topological polar surface area (TPSA) is 21.3 Å². The quantitative estimate of drug-likeness (QED) is 0.755. The smallest absolute Gasteiger partial charge is 0.122 e. The molecule has 0 radical (unpaired) electrons. The third kappa shape index (κ3) is 5.59. The fourth-order valence-electron chi connectivity index (χ4n) is 1.28. The van der Waals surface area contributed by atoms with Crippen LogP contribution in [0.25, 0.3) is 0 Å². The van der Waals surface area contributed by atoms with E-state index in [2.05, 4.69) is 12.2 Å². The van der Waals surface area contributed by atoms with Crippen LogP contribution in [-0.2, 0) is 0 Å². The van der Waals surface area contributed by atoms with E-state index in [1.807, 2.05) is 0 Å². The van der Waals surface area contributed by atoms with Gasteiger partial charge in [0.2, 0.25) is 0 Å². The van der Waals surface area contributed by atoms with Gasteiger partial charge in [0.1, 0.15) is 12.4 Å². The van der Waals surface area contributed by atoms with Gasteiger partial charge in [0.05, 0.1) is 0 Å². The van der Waals surface area contributed by atoms with Gasteiger partial charge in [0.15, 0.2) is 0 Å². The monoisotopic (exact) mass is 261 g/mol. The Labute approximate surface area is 107 Å². The molecule has 0 aliphatic rings. The molecule has 0 unspecified atom stereocenters. The van der Waals surface area contributed by atoms with Crippen molar-refractivity contribution in [1.29, 1.82) is 0 Å². The van der Waals surface area contributed by atoms with Crippen molar-refractivity contribution in [2.75, 3.05) is 19.7 Å². The van der Waals surface area contributed by atoms with Crippen LogP contribution in [0.5, 0.6) is 5.75 Å². The molecule has 4 heteroatoms. The summed E-state index contributed by atoms with van der Waals surface area (Å²) >= 11 is 11.7. The summed E-state index contributed by atoms with van der Waals surface area (Å²) in [6, 6.07) is 5.22. The molecule has 1 aromatic rings. The molecule has 1 N–H and O–H groups in total. The molecule has 0 aliphatic heterocycles. The zero-order valence-electron chi connectivity index (χ0n) is 9.43. The van der Waals surface area contributed by atoms with E-state index in [0.717, 1.165) is 18.8 Å². The van der Waals surface area contributed by atoms with E-state index in [9.17, 15) is 0 Å². The molecule has 90 valence electrons. The van der Waals surface area contributed by atoms with Crippen molar-refractivity contribution in [1.82, 2.24) is 5.32 Å². The summed E-state index contributed by atoms with van der Waals surface area (Å²) in [5, 5.41) is 4.49. The zero-order valence-corrected chi connectivity index (χ0v) is 10.9. The minimum absolute atomic E-state index is 0.599. The standard InChI is InChI=1S/C12H17Cl2NO/c1-2-3-4-15-5-6-16-12-8-10(13)7-11(14)9-12/h7-9,15H,2-6H2,1H3. The van der Waals surface area contributed by atoms with Gasteiger partial charge in [-0.05, 0) is 31.2 Å². The molecule has 0 aromatic heterocycles. The summed E-state index contributed by atoms with van der Waals surface area (Å²) in [7, 11) is 0. The maximum absolute atomic E-state index is 5.85. The van der Waals surface area contributed by atoms with E-state index in [4.69, 9.17) is 27.9 Å². The van der Waals surface area contributed by atoms with Crippen LogP contribution in [0.2, 0.25) is 10.0 Å². The van der Waals surface area contributed by atoms with E-state index in [1.165, 1.54) is 12.8 Å². The van der Waals surface area contributed by atoms with Crippen LogP contribution in [0.1, 0.15) is 19.8 Å². The number of hydrogen-bond donors (Lipinski definition) is 1. The SMILES string of the molecule is CCCCNCCOc1cc(Cl)cc(Cl)c1. The number of unbranched alkanes of at least 4 members (excludes halogenated alkanes) is 1. The molecule has 16 heavy (non-hydrogen) atoms. The zero-order chi connectivity index (χ0) is 11.8. The lowest BCUT2D eigenvalue weighted by atomic mass is 10.3. The number of rotatable bonds is 7. The number of halogens is 2. The largest absolute Gasteiger partial charge is 0.492 e. The first kappa shape index (κ1) is 13.6. The molecule has 0 heterocycles. The molecule has 0 saturated heterocycles. The Morgan fingerprint density at radius 2 is 1.81 bits per heavy atom. The van der Waals surface area contributed by atoms with Crippen molar-refractivity contribution in [2.45, 2.75) is 19.8 Å². The van der Waals surface area contributed by atoms with E-state index in [0.29, 0.717) is 16.7 Å². The van der Waals surface area contributed by atoms with Gasteiger partial charge in [0.25, 0.3) is 0 Å². The number of hydrogen-bond acceptors (Lipinski definition) is 2. The summed E-state index contributed by atoms with van der Waals surface area (Å²) in [6.07, 6.45) is 2.40. The van der Waals surface area contributed by atoms with E-state index >= 15 is 0 Å². The normalized spacial score (nSPS) is 10.4. The summed E-state index contributed by atoms with van der Waals surface area (Å²) in [4.78, 5) is 0. The molecular weight excluding hydrogens is 245 g/mol. The van der Waals surface area contributed by atoms with Gasteiger partial charge >= 0.3 is 0 Å². The predicted octanol–water partition coefficient (Wildman–Crippen LogP) is 3.76. The van der Waals surface area contributed by atoms with Crippen LogP contribution >= 0.6 is 23.2 Å². The Balaban J connectivity index is 2.21. The molecule has 0 atom stereocenters. The first-order chi connectivity index (χ1) is 7.72. The molecule has 1 rings (SSSR count). The summed E-state index contributed by atoms with van der Waals surface area (Å²) in [6.45, 7) is 4.67. The predicted molar refractivity (Wildman–Crippen MR) is 69.7 cm³/mol. The van der Waals surface area contributed by atoms with Crippen molar-refractivity contribution in [2.24, 2.45) is 0 Å². The molecule has 0 fully saturated rings. The fourth-order valence-corrected chi connectivity index (χ4v) is 1.79. The second-order valence-electron chi connectivity index (χ2n) is 3.56. The van der Waals surface area contributed by atoms with Crippen molar-refractivity contribution in [3.05, 3.63) is 28.2 Å². The average Bonchev–Trinajstić information content (AvgIpc) is 2.22. The maximum atomic E-state index is 5.85. The second kappa shape index (κ2) is 7.77. The van der Waals surface area contributed by atoms with Crippen LogP contribution in [-0.4, -0.2) is 19.7 Å². The van der Waals surface area contributed by atoms with Crippen LogP contribution in [0.4, 0.5) is 0 Å². The minimum Gasteiger partial charge on any atom is -0.492 e. The molecule has 0 aliphatic carbocycles. The van der Waals surface area contributed by atoms with Crippen molar-refractivity contribution in [3.8, 4) is 5.75 Å². The van der Waals surface area contributed by atoms with Gasteiger partial charge in [-0.3, -0.25) is 0 Å². The highest BCUT2D eigenvalue weighted by atomic mass is 35.5. The van der Waals surface area contributed by atoms with E-state index in [1.54, 1.807) is 18.2 Å². The van der Waals surface area contributed by atoms with Crippen molar-refractivity contribution >= 4 is 23.2 Å². The van der Waals surface area contributed by atoms with Crippen molar-refractivity contribution < 1.29 is 4.74 Å². The Morgan fingerprint density at radius 1 is 1.12 bits per heavy atom. The fraction of sp³-hybridized carbons (Fsp3) is 0.500. The molecule has 0 spiro atoms. The highest BCUT2D eigenvalue weighted by molar-refractivity contribution is 6.34. The van der Waals surface area contributed by atoms with Gasteiger partial charge in [-0.1, -0.05) is 36.5 Å². The highest BCUT2D eigenvalue weighted by Gasteiger charge is 1.98. The molecule has 0 saturated carbocycles. The minimum atomic E-state index is 0.599. The Bertz CT molecular complexity index is 298. The van der Waals surface area contributed by atoms with Crippen molar-refractivity contribution in [3.63, 3.8) is 0 Å². The van der Waals surface area contributed by atoms with E-state index < -0.39 is 0 Å². The first-order valence-electron chi connectivity index (χ1n) is 5.52. The van der Waals surface area contributed by atoms with Crippen LogP contribution in [0.3, 0.4) is 0 Å². The lowest BCUT2D eigenvalue weighted by Crippen LogP contribution is -2.21. The van der Waals surface area contributed by atoms with Gasteiger partial charge in [-0.2, -0.15) is 0 Å². The highest BCUT2D eigenvalue weighted by Crippen LogP contribution is 2.23. The average molecular weight is 262 g/mol. The van der Waals surface area contributed by atoms with E-state index in [-0.39, 0.29) is 0 Å². The first-order valence-corrected chi connectivity index (χ1v) is 6.27. The molecule has 0 bridgehead atoms. The number of benzene rings is 1. The third-order valence-corrected chi connectivity index (χ3v) is 2.53. The van der Waals surface area contributed by atoms with Gasteiger partial charge in [0, 0.05) is 16.6 Å². The Kier molecular flexibility index (Phi) is 6.62. The molecule has 1 aromatic carbocycles. The maximum Gasteiger partial charge on any atom is 0.122 e. The number of nitrogens with one attached hydrogen (secondary N) is 1. The molecule has 0 amide bonds. The van der Waals surface area contributed by atoms with Crippen LogP contribution < -0.4 is 10.1 Å². The van der Waals surface area contributed by atoms with Crippen LogP contribution in [0.15, 0.2) is 18.2 Å². The summed E-state index contributed by atoms with van der Waals surface area (Å²) in [5.74, 6) is 0.717. The molecular formula is C12H17Cl2NO. The molecule has 2 nitrogen and oxygen atoms in total. The summed E-state index contributed by atoms with van der Waals surface area (Å²) in [5.41, 5.74) is 0. The van der Waals surface area contributed by atoms with Crippen LogP contribution in [0, 0.1) is 0 Å². The Morgan fingerprint density at radius 3 is 2.44 bits per heavy atom. The lowest BCUT2D eigenvalue weighted by molar-refractivity contribution is 0.314. The summed E-state index contributed by atoms with van der Waals surface area (Å²) < 4.78 is 5.52. The lowest BCUT2D eigenvalue weighted by Gasteiger charge is -2.08. The van der Waals surface area contributed by atoms with Gasteiger partial charge in [-0.15, -0.1) is 0 Å². The van der Waals surface area contributed by atoms with Gasteiger partial charge in [-0.25, -0.2) is 0 Å². The van der Waals surface area contributed by atoms with Gasteiger partial charge < -0.3 is 10.1 Å². The second-order valence-corrected chi connectivity index (χ2v) is 4.43.